The van der Waals surface area contributed by atoms with Crippen molar-refractivity contribution in [3.8, 4) is 0 Å². The van der Waals surface area contributed by atoms with Gasteiger partial charge in [-0.25, -0.2) is 4.79 Å². The maximum atomic E-state index is 12.6. The predicted octanol–water partition coefficient (Wildman–Crippen LogP) is 3.08. The number of Topliss-reactive ketones (excluding diaryl/α,β-unsaturated/α-hetero) is 1. The minimum absolute atomic E-state index is 0.0777. The molecule has 172 valence electrons. The summed E-state index contributed by atoms with van der Waals surface area (Å²) < 4.78 is 13.5. The van der Waals surface area contributed by atoms with Crippen molar-refractivity contribution in [3.05, 3.63) is 0 Å². The van der Waals surface area contributed by atoms with Gasteiger partial charge in [-0.2, -0.15) is 12.6 Å². The van der Waals surface area contributed by atoms with E-state index in [1.54, 1.807) is 13.8 Å². The van der Waals surface area contributed by atoms with Crippen molar-refractivity contribution < 1.29 is 33.4 Å². The lowest BCUT2D eigenvalue weighted by Gasteiger charge is -2.26. The van der Waals surface area contributed by atoms with E-state index in [2.05, 4.69) is 22.3 Å². The van der Waals surface area contributed by atoms with Gasteiger partial charge in [0.1, 0.15) is 5.78 Å². The average molecular weight is 464 g/mol. The van der Waals surface area contributed by atoms with Crippen molar-refractivity contribution in [2.24, 2.45) is 5.92 Å². The first-order valence-electron chi connectivity index (χ1n) is 10.2. The molecule has 1 heterocycles. The normalized spacial score (nSPS) is 15.9. The molecule has 1 aliphatic heterocycles. The smallest absolute Gasteiger partial charge is 0.371 e. The Hall–Kier alpha value is -1.26. The van der Waals surface area contributed by atoms with Crippen molar-refractivity contribution in [1.82, 2.24) is 4.90 Å². The highest BCUT2D eigenvalue weighted by molar-refractivity contribution is 8.15. The van der Waals surface area contributed by atoms with E-state index >= 15 is 0 Å². The van der Waals surface area contributed by atoms with Gasteiger partial charge in [0.2, 0.25) is 6.79 Å². The molecule has 0 bridgehead atoms. The first kappa shape index (κ1) is 26.8. The van der Waals surface area contributed by atoms with Gasteiger partial charge < -0.3 is 19.1 Å². The average Bonchev–Trinajstić information content (AvgIpc) is 2.69. The Morgan fingerprint density at radius 2 is 1.73 bits per heavy atom. The molecule has 0 N–H and O–H groups in total. The van der Waals surface area contributed by atoms with Crippen molar-refractivity contribution in [2.45, 2.75) is 57.6 Å². The first-order valence-corrected chi connectivity index (χ1v) is 11.6. The molecule has 0 aromatic rings. The molecule has 0 aromatic carbocycles. The maximum Gasteiger partial charge on any atom is 0.371 e. The van der Waals surface area contributed by atoms with Crippen molar-refractivity contribution >= 4 is 47.4 Å². The zero-order chi connectivity index (χ0) is 22.6. The lowest BCUT2D eigenvalue weighted by Crippen LogP contribution is -2.34. The molecule has 8 nitrogen and oxygen atoms in total. The van der Waals surface area contributed by atoms with E-state index in [-0.39, 0.29) is 18.0 Å². The third-order valence-electron chi connectivity index (χ3n) is 4.75. The molecule has 0 saturated carbocycles. The van der Waals surface area contributed by atoms with Crippen LogP contribution >= 0.6 is 24.4 Å². The minimum atomic E-state index is -1.11. The fourth-order valence-electron chi connectivity index (χ4n) is 2.91. The molecule has 0 aliphatic carbocycles. The van der Waals surface area contributed by atoms with Gasteiger partial charge in [-0.15, -0.1) is 0 Å². The molecule has 1 aliphatic rings. The maximum absolute atomic E-state index is 12.6. The van der Waals surface area contributed by atoms with Gasteiger partial charge >= 0.3 is 17.2 Å². The monoisotopic (exact) mass is 463 g/mol. The number of carbonyl (C=O) groups is 4. The number of thiol groups is 1. The Morgan fingerprint density at radius 3 is 2.33 bits per heavy atom. The van der Waals surface area contributed by atoms with Crippen molar-refractivity contribution in [1.29, 1.82) is 0 Å². The number of ketones is 1. The summed E-state index contributed by atoms with van der Waals surface area (Å²) >= 11 is 4.86. The molecule has 0 spiro atoms. The highest BCUT2D eigenvalue weighted by atomic mass is 32.2. The van der Waals surface area contributed by atoms with Crippen molar-refractivity contribution in [3.63, 3.8) is 0 Å². The van der Waals surface area contributed by atoms with Crippen molar-refractivity contribution in [2.75, 3.05) is 38.8 Å². The molecule has 0 radical (unpaired) electrons. The zero-order valence-electron chi connectivity index (χ0n) is 18.0. The molecule has 0 aromatic heterocycles. The third-order valence-corrected chi connectivity index (χ3v) is 6.21. The van der Waals surface area contributed by atoms with Gasteiger partial charge in [0, 0.05) is 25.6 Å². The number of rotatable bonds is 12. The van der Waals surface area contributed by atoms with Crippen LogP contribution < -0.4 is 0 Å². The van der Waals surface area contributed by atoms with Gasteiger partial charge in [0.15, 0.2) is 0 Å². The van der Waals surface area contributed by atoms with E-state index in [1.807, 2.05) is 0 Å². The first-order chi connectivity index (χ1) is 14.2. The van der Waals surface area contributed by atoms with E-state index in [1.165, 1.54) is 26.2 Å². The van der Waals surface area contributed by atoms with E-state index in [9.17, 15) is 19.2 Å². The Balaban J connectivity index is 2.38. The number of hydrogen-bond donors (Lipinski definition) is 1. The van der Waals surface area contributed by atoms with Crippen LogP contribution in [0.2, 0.25) is 0 Å². The van der Waals surface area contributed by atoms with Gasteiger partial charge in [0.05, 0.1) is 17.3 Å². The Kier molecular flexibility index (Phi) is 12.4. The van der Waals surface area contributed by atoms with E-state index in [0.29, 0.717) is 18.4 Å². The summed E-state index contributed by atoms with van der Waals surface area (Å²) in [6.45, 7) is 7.24. The van der Waals surface area contributed by atoms with Crippen LogP contribution in [0, 0.1) is 5.92 Å². The molecule has 10 heteroatoms. The SMILES string of the molecule is CC(=O)OCOC(=O)SC(C)(C)C(=O)C[C@@H](CS)C(=O)OCCCN1CCCCC1. The Morgan fingerprint density at radius 1 is 1.07 bits per heavy atom. The molecule has 1 rings (SSSR count). The van der Waals surface area contributed by atoms with Crippen LogP contribution in [0.5, 0.6) is 0 Å². The number of nitrogens with zero attached hydrogens (tertiary/aromatic N) is 1. The second-order valence-electron chi connectivity index (χ2n) is 7.69. The number of likely N-dealkylation sites (tertiary alicyclic amines) is 1. The summed E-state index contributed by atoms with van der Waals surface area (Å²) in [5, 5.41) is -0.739. The van der Waals surface area contributed by atoms with E-state index < -0.39 is 34.7 Å². The van der Waals surface area contributed by atoms with Crippen LogP contribution in [0.25, 0.3) is 0 Å². The second-order valence-corrected chi connectivity index (χ2v) is 9.61. The van der Waals surface area contributed by atoms with Gasteiger partial charge in [-0.3, -0.25) is 14.4 Å². The number of carbonyl (C=O) groups excluding carboxylic acids is 4. The Labute approximate surface area is 188 Å². The topological polar surface area (TPSA) is 99.2 Å². The lowest BCUT2D eigenvalue weighted by atomic mass is 9.97. The quantitative estimate of drug-likeness (QED) is 0.203. The van der Waals surface area contributed by atoms with Crippen LogP contribution in [-0.2, 0) is 28.6 Å². The van der Waals surface area contributed by atoms with Gasteiger partial charge in [-0.05, 0) is 58.0 Å². The Bertz CT molecular complexity index is 592. The summed E-state index contributed by atoms with van der Waals surface area (Å²) in [4.78, 5) is 49.8. The summed E-state index contributed by atoms with van der Waals surface area (Å²) in [5.41, 5.74) is 0. The summed E-state index contributed by atoms with van der Waals surface area (Å²) in [6, 6.07) is 0. The largest absolute Gasteiger partial charge is 0.465 e. The highest BCUT2D eigenvalue weighted by Crippen LogP contribution is 2.30. The highest BCUT2D eigenvalue weighted by Gasteiger charge is 2.35. The molecule has 0 amide bonds. The minimum Gasteiger partial charge on any atom is -0.465 e. The molecule has 1 atom stereocenters. The summed E-state index contributed by atoms with van der Waals surface area (Å²) in [7, 11) is 0. The van der Waals surface area contributed by atoms with E-state index in [4.69, 9.17) is 9.47 Å². The number of esters is 2. The fraction of sp³-hybridized carbons (Fsp3) is 0.800. The number of ether oxygens (including phenoxy) is 3. The summed E-state index contributed by atoms with van der Waals surface area (Å²) in [5.74, 6) is -1.81. The van der Waals surface area contributed by atoms with Crippen LogP contribution in [0.1, 0.15) is 52.9 Å². The van der Waals surface area contributed by atoms with E-state index in [0.717, 1.165) is 26.1 Å². The fourth-order valence-corrected chi connectivity index (χ4v) is 3.91. The van der Waals surface area contributed by atoms with Crippen LogP contribution in [-0.4, -0.2) is 71.5 Å². The van der Waals surface area contributed by atoms with Crippen LogP contribution in [0.4, 0.5) is 4.79 Å². The zero-order valence-corrected chi connectivity index (χ0v) is 19.7. The second kappa shape index (κ2) is 13.9. The van der Waals surface area contributed by atoms with Crippen LogP contribution in [0.3, 0.4) is 0 Å². The molecular weight excluding hydrogens is 430 g/mol. The van der Waals surface area contributed by atoms with Gasteiger partial charge in [-0.1, -0.05) is 6.42 Å². The van der Waals surface area contributed by atoms with Gasteiger partial charge in [0.25, 0.3) is 0 Å². The number of hydrogen-bond acceptors (Lipinski definition) is 10. The number of piperidine rings is 1. The number of thioether (sulfide) groups is 1. The molecule has 1 saturated heterocycles. The van der Waals surface area contributed by atoms with Crippen LogP contribution in [0.15, 0.2) is 0 Å². The molecule has 0 unspecified atom stereocenters. The molecular formula is C20H33NO7S2. The summed E-state index contributed by atoms with van der Waals surface area (Å²) in [6.07, 6.45) is 4.39. The molecule has 30 heavy (non-hydrogen) atoms. The standard InChI is InChI=1S/C20H33NO7S2/c1-15(22)27-14-28-19(25)30-20(2,3)17(23)12-16(13-29)18(24)26-11-7-10-21-8-5-4-6-9-21/h16,29H,4-14H2,1-3H3/t16-/m0/s1. The lowest BCUT2D eigenvalue weighted by molar-refractivity contribution is -0.149. The molecule has 1 fully saturated rings. The third kappa shape index (κ3) is 10.7. The predicted molar refractivity (Wildman–Crippen MR) is 118 cm³/mol.